The first-order valence-corrected chi connectivity index (χ1v) is 16.7. The van der Waals surface area contributed by atoms with Crippen LogP contribution in [0.3, 0.4) is 0 Å². The third-order valence-corrected chi connectivity index (χ3v) is 13.1. The molecule has 2 aliphatic heterocycles. The van der Waals surface area contributed by atoms with E-state index in [0.29, 0.717) is 28.7 Å². The summed E-state index contributed by atoms with van der Waals surface area (Å²) < 4.78 is 7.20. The lowest BCUT2D eigenvalue weighted by molar-refractivity contribution is -0.182. The smallest absolute Gasteiger partial charge is 0.357 e. The quantitative estimate of drug-likeness (QED) is 0.397. The fraction of sp³-hybridized carbons (Fsp3) is 0.667. The lowest BCUT2D eigenvalue weighted by atomic mass is 9.52. The molecule has 1 spiro atoms. The van der Waals surface area contributed by atoms with Crippen molar-refractivity contribution in [3.63, 3.8) is 0 Å². The van der Waals surface area contributed by atoms with E-state index in [1.807, 2.05) is 35.4 Å². The van der Waals surface area contributed by atoms with Crippen molar-refractivity contribution in [2.75, 3.05) is 6.54 Å². The summed E-state index contributed by atoms with van der Waals surface area (Å²) in [5.41, 5.74) is 7.04. The predicted molar refractivity (Wildman–Crippen MR) is 161 cm³/mol. The summed E-state index contributed by atoms with van der Waals surface area (Å²) in [6, 6.07) is 9.51. The zero-order chi connectivity index (χ0) is 28.8. The molecule has 2 saturated heterocycles. The fourth-order valence-corrected chi connectivity index (χ4v) is 11.0. The molecule has 6 nitrogen and oxygen atoms in total. The molecule has 1 N–H and O–H groups in total. The van der Waals surface area contributed by atoms with Gasteiger partial charge in [-0.3, -0.25) is 5.10 Å². The van der Waals surface area contributed by atoms with Gasteiger partial charge in [-0.05, 0) is 117 Å². The number of hydroxylamine groups is 2. The second-order valence-electron chi connectivity index (χ2n) is 15.3. The van der Waals surface area contributed by atoms with Crippen molar-refractivity contribution >= 4 is 5.97 Å². The normalized spacial score (nSPS) is 42.8. The summed E-state index contributed by atoms with van der Waals surface area (Å²) in [7, 11) is 0. The number of hydrogen-bond donors (Lipinski definition) is 1. The number of H-pyrrole nitrogens is 1. The van der Waals surface area contributed by atoms with Crippen molar-refractivity contribution in [1.82, 2.24) is 15.3 Å². The molecule has 10 atom stereocenters. The lowest BCUT2D eigenvalue weighted by Gasteiger charge is -2.52. The molecule has 1 aromatic heterocycles. The highest BCUT2D eigenvalue weighted by atomic mass is 16.7. The second kappa shape index (κ2) is 9.79. The van der Waals surface area contributed by atoms with Gasteiger partial charge in [-0.25, -0.2) is 4.79 Å². The van der Waals surface area contributed by atoms with Gasteiger partial charge < -0.3 is 9.57 Å². The van der Waals surface area contributed by atoms with Crippen molar-refractivity contribution in [2.24, 2.45) is 40.9 Å². The largest absolute Gasteiger partial charge is 0.369 e. The zero-order valence-electron chi connectivity index (χ0n) is 25.8. The van der Waals surface area contributed by atoms with Crippen LogP contribution in [0.15, 0.2) is 47.7 Å². The summed E-state index contributed by atoms with van der Waals surface area (Å²) in [5, 5.41) is 9.73. The molecular formula is C36H47N3O3. The minimum atomic E-state index is -0.259. The Morgan fingerprint density at radius 1 is 1.12 bits per heavy atom. The Bertz CT molecular complexity index is 1400. The first kappa shape index (κ1) is 27.1. The highest BCUT2D eigenvalue weighted by Gasteiger charge is 2.61. The third-order valence-electron chi connectivity index (χ3n) is 13.1. The van der Waals surface area contributed by atoms with Crippen LogP contribution >= 0.6 is 0 Å². The summed E-state index contributed by atoms with van der Waals surface area (Å²) in [6.07, 6.45) is 13.0. The molecule has 224 valence electrons. The van der Waals surface area contributed by atoms with Gasteiger partial charge in [-0.15, -0.1) is 5.06 Å². The molecule has 3 heterocycles. The van der Waals surface area contributed by atoms with Gasteiger partial charge in [0.05, 0.1) is 29.5 Å². The molecule has 2 saturated carbocycles. The monoisotopic (exact) mass is 569 g/mol. The third kappa shape index (κ3) is 4.03. The molecule has 4 aliphatic carbocycles. The Kier molecular flexibility index (Phi) is 6.32. The van der Waals surface area contributed by atoms with E-state index in [2.05, 4.69) is 44.1 Å². The maximum Gasteiger partial charge on any atom is 0.357 e. The van der Waals surface area contributed by atoms with Crippen molar-refractivity contribution in [3.05, 3.63) is 64.5 Å². The van der Waals surface area contributed by atoms with Gasteiger partial charge in [-0.2, -0.15) is 5.10 Å². The topological polar surface area (TPSA) is 67.4 Å². The summed E-state index contributed by atoms with van der Waals surface area (Å²) in [6.45, 7) is 10.5. The number of ether oxygens (including phenoxy) is 1. The number of hydrogen-bond acceptors (Lipinski definition) is 5. The number of fused-ring (bicyclic) bond motifs is 7. The zero-order valence-corrected chi connectivity index (χ0v) is 25.8. The summed E-state index contributed by atoms with van der Waals surface area (Å²) in [5.74, 6) is 3.50. The molecule has 1 aromatic carbocycles. The Hall–Kier alpha value is -2.44. The molecule has 4 fully saturated rings. The molecular weight excluding hydrogens is 522 g/mol. The molecule has 0 bridgehead atoms. The van der Waals surface area contributed by atoms with E-state index in [9.17, 15) is 4.79 Å². The number of allylic oxidation sites excluding steroid dienone is 1. The number of rotatable bonds is 2. The van der Waals surface area contributed by atoms with Crippen LogP contribution in [-0.4, -0.2) is 45.5 Å². The SMILES string of the molecule is CC1=C2C[C@H]3[C@@H](CC[C@@H]4Cc5[nH]ncc5C[C@@]43C)[C@@H]2CC[C@@]2(C1)O[C@@H]1C[C@H](C)CN(OC(=O)c3ccccc3)[C@H]1[C@H]2C. The van der Waals surface area contributed by atoms with Crippen molar-refractivity contribution in [3.8, 4) is 0 Å². The number of benzene rings is 1. The Morgan fingerprint density at radius 2 is 1.95 bits per heavy atom. The maximum atomic E-state index is 13.1. The van der Waals surface area contributed by atoms with E-state index in [1.165, 1.54) is 49.8 Å². The van der Waals surface area contributed by atoms with Gasteiger partial charge in [-0.1, -0.05) is 50.1 Å². The van der Waals surface area contributed by atoms with Crippen LogP contribution in [0.25, 0.3) is 0 Å². The highest BCUT2D eigenvalue weighted by molar-refractivity contribution is 5.89. The summed E-state index contributed by atoms with van der Waals surface area (Å²) in [4.78, 5) is 19.3. The van der Waals surface area contributed by atoms with Gasteiger partial charge in [0.1, 0.15) is 0 Å². The first-order valence-electron chi connectivity index (χ1n) is 16.7. The van der Waals surface area contributed by atoms with Crippen LogP contribution in [0.2, 0.25) is 0 Å². The van der Waals surface area contributed by atoms with E-state index in [0.717, 1.165) is 43.6 Å². The average molecular weight is 570 g/mol. The molecule has 8 rings (SSSR count). The van der Waals surface area contributed by atoms with Gasteiger partial charge in [0, 0.05) is 18.2 Å². The van der Waals surface area contributed by atoms with Gasteiger partial charge in [0.2, 0.25) is 0 Å². The van der Waals surface area contributed by atoms with E-state index in [-0.39, 0.29) is 23.7 Å². The van der Waals surface area contributed by atoms with Gasteiger partial charge >= 0.3 is 5.97 Å². The van der Waals surface area contributed by atoms with Crippen LogP contribution < -0.4 is 0 Å². The predicted octanol–water partition coefficient (Wildman–Crippen LogP) is 6.93. The second-order valence-corrected chi connectivity index (χ2v) is 15.3. The summed E-state index contributed by atoms with van der Waals surface area (Å²) >= 11 is 0. The van der Waals surface area contributed by atoms with Crippen LogP contribution in [0.5, 0.6) is 0 Å². The Labute approximate surface area is 250 Å². The van der Waals surface area contributed by atoms with E-state index in [1.54, 1.807) is 11.1 Å². The Balaban J connectivity index is 1.05. The van der Waals surface area contributed by atoms with Gasteiger partial charge in [0.15, 0.2) is 0 Å². The number of carbonyl (C=O) groups is 1. The molecule has 2 aromatic rings. The lowest BCUT2D eigenvalue weighted by Crippen LogP contribution is -2.52. The standard InChI is InChI=1S/C36H47N3O3/c1-21-14-32-33(39(20-21)42-34(40)24-8-6-5-7-9-24)23(3)36(41-32)13-12-27-28-11-10-26-15-31-25(19-37-38-31)18-35(26,4)30(28)16-29(27)22(2)17-36/h5-9,19,21,23,26-28,30,32-33H,10-18,20H2,1-4H3,(H,37,38)/t21-,23+,26+,27-,28-,30-,32+,33-,35-,36-/m0/s1. The number of nitrogens with one attached hydrogen (secondary N) is 1. The van der Waals surface area contributed by atoms with Crippen LogP contribution in [0.4, 0.5) is 0 Å². The van der Waals surface area contributed by atoms with Crippen molar-refractivity contribution < 1.29 is 14.4 Å². The molecule has 0 unspecified atom stereocenters. The van der Waals surface area contributed by atoms with Crippen molar-refractivity contribution in [1.29, 1.82) is 0 Å². The number of nitrogens with zero attached hydrogens (tertiary/aromatic N) is 2. The Morgan fingerprint density at radius 3 is 2.79 bits per heavy atom. The molecule has 42 heavy (non-hydrogen) atoms. The van der Waals surface area contributed by atoms with Crippen LogP contribution in [0.1, 0.15) is 94.3 Å². The minimum Gasteiger partial charge on any atom is -0.369 e. The van der Waals surface area contributed by atoms with E-state index < -0.39 is 0 Å². The fourth-order valence-electron chi connectivity index (χ4n) is 11.0. The number of aromatic nitrogens is 2. The molecule has 0 amide bonds. The van der Waals surface area contributed by atoms with E-state index in [4.69, 9.17) is 9.57 Å². The maximum absolute atomic E-state index is 13.1. The van der Waals surface area contributed by atoms with Crippen molar-refractivity contribution in [2.45, 2.75) is 103 Å². The highest BCUT2D eigenvalue weighted by Crippen LogP contribution is 2.64. The van der Waals surface area contributed by atoms with Gasteiger partial charge in [0.25, 0.3) is 0 Å². The average Bonchev–Trinajstić information content (AvgIpc) is 3.62. The number of carbonyl (C=O) groups excluding carboxylic acids is 1. The number of aromatic amines is 1. The molecule has 6 aliphatic rings. The van der Waals surface area contributed by atoms with Crippen LogP contribution in [-0.2, 0) is 22.4 Å². The molecule has 6 heteroatoms. The minimum absolute atomic E-state index is 0.108. The van der Waals surface area contributed by atoms with E-state index >= 15 is 0 Å². The number of piperidine rings is 1. The molecule has 0 radical (unpaired) electrons. The van der Waals surface area contributed by atoms with Crippen LogP contribution in [0, 0.1) is 40.9 Å². The first-order chi connectivity index (χ1) is 20.3.